The van der Waals surface area contributed by atoms with Crippen LogP contribution in [-0.2, 0) is 9.05 Å². The van der Waals surface area contributed by atoms with Crippen molar-refractivity contribution in [1.29, 1.82) is 10.5 Å². The van der Waals surface area contributed by atoms with Gasteiger partial charge in [-0.05, 0) is 168 Å². The van der Waals surface area contributed by atoms with Crippen LogP contribution in [0.25, 0.3) is 0 Å². The maximum atomic E-state index is 9.79. The van der Waals surface area contributed by atoms with Gasteiger partial charge in [0.25, 0.3) is 0 Å². The first-order valence-electron chi connectivity index (χ1n) is 26.9. The minimum atomic E-state index is -1.60. The molecule has 1 fully saturated rings. The van der Waals surface area contributed by atoms with Crippen LogP contribution in [0.1, 0.15) is 238 Å². The van der Waals surface area contributed by atoms with E-state index in [4.69, 9.17) is 18.1 Å². The minimum absolute atomic E-state index is 0.140. The molecule has 11 atom stereocenters. The molecule has 8 nitrogen and oxygen atoms in total. The molecule has 0 aliphatic heterocycles. The van der Waals surface area contributed by atoms with Crippen molar-refractivity contribution in [2.24, 2.45) is 5.92 Å². The second-order valence-corrected chi connectivity index (χ2v) is 25.9. The quantitative estimate of drug-likeness (QED) is 0.0623. The van der Waals surface area contributed by atoms with Gasteiger partial charge in [0.15, 0.2) is 0 Å². The highest BCUT2D eigenvalue weighted by atomic mass is 31.2. The fourth-order valence-corrected chi connectivity index (χ4v) is 19.4. The molecule has 0 radical (unpaired) electrons. The van der Waals surface area contributed by atoms with Crippen molar-refractivity contribution >= 4 is 17.1 Å². The SMILES string of the molecule is CC(C)N(C(C)C)P(OCCC#N)Oc1c2c(c(OP(OCCC#N)N(C(C)C)C(C)C)c3c1C1CC3c3cc4c(cc31)C1C[C@@H]4c3ccccc31)C1CC2c2cc3c(cc21)C1CC3C2=CCCCC21. The smallest absolute Gasteiger partial charge is 0.321 e. The lowest BCUT2D eigenvalue weighted by Crippen LogP contribution is -2.35. The van der Waals surface area contributed by atoms with E-state index in [0.717, 1.165) is 30.8 Å². The van der Waals surface area contributed by atoms with Crippen molar-refractivity contribution in [2.45, 2.75) is 185 Å². The molecule has 10 unspecified atom stereocenters. The van der Waals surface area contributed by atoms with Crippen LogP contribution >= 0.6 is 17.1 Å². The molecule has 8 bridgehead atoms. The van der Waals surface area contributed by atoms with Crippen LogP contribution in [0.3, 0.4) is 0 Å². The van der Waals surface area contributed by atoms with Crippen molar-refractivity contribution in [3.8, 4) is 23.6 Å². The average Bonchev–Trinajstić information content (AvgIpc) is 4.23. The molecule has 10 heteroatoms. The van der Waals surface area contributed by atoms with E-state index in [1.807, 2.05) is 0 Å². The summed E-state index contributed by atoms with van der Waals surface area (Å²) in [7, 11) is -3.20. The molecule has 0 saturated heterocycles. The predicted octanol–water partition coefficient (Wildman–Crippen LogP) is 15.2. The van der Waals surface area contributed by atoms with Gasteiger partial charge in [-0.3, -0.25) is 0 Å². The second-order valence-electron chi connectivity index (χ2n) is 23.1. The van der Waals surface area contributed by atoms with Gasteiger partial charge >= 0.3 is 17.1 Å². The zero-order valence-electron chi connectivity index (χ0n) is 42.3. The summed E-state index contributed by atoms with van der Waals surface area (Å²) in [4.78, 5) is 0. The highest BCUT2D eigenvalue weighted by Gasteiger charge is 2.57. The Hall–Kier alpha value is -4.10. The Morgan fingerprint density at radius 3 is 1.34 bits per heavy atom. The molecule has 13 rings (SSSR count). The summed E-state index contributed by atoms with van der Waals surface area (Å²) in [5, 5.41) is 19.6. The first-order valence-corrected chi connectivity index (χ1v) is 29.1. The standard InChI is InChI=1S/C60H68N4O4P2/c1-31(2)63(32(3)4)69(65-21-13-19-61)67-59-55-51-29-53(49-27-45-41-23-39(43(45)25-47(49)51)35-15-9-11-17-37(35)41)57(55)60(68-70(66-22-14-20-62)64(33(5)6)34(7)8)58-54-30-52(56(58)59)48-26-44-40-24-42(46(44)28-50(48)54)38-18-12-10-16-36(38)40/h9,11,15-17,25-28,31-34,38-42,51-54H,10,12-14,18,21-24,29-30H2,1-8H3/t38?,39?,40?,41-,42?,51?,52?,53?,54?,69?,70?/m1/s1. The number of fused-ring (bicyclic) bond motifs is 32. The Kier molecular flexibility index (Phi) is 11.3. The summed E-state index contributed by atoms with van der Waals surface area (Å²) in [6, 6.07) is 25.1. The predicted molar refractivity (Wildman–Crippen MR) is 278 cm³/mol. The number of hydrogen-bond acceptors (Lipinski definition) is 8. The molecule has 0 aromatic heterocycles. The van der Waals surface area contributed by atoms with E-state index in [1.165, 1.54) is 92.4 Å². The number of benzene rings is 4. The highest BCUT2D eigenvalue weighted by Crippen LogP contribution is 2.74. The lowest BCUT2D eigenvalue weighted by atomic mass is 9.72. The molecule has 362 valence electrons. The van der Waals surface area contributed by atoms with Crippen molar-refractivity contribution in [1.82, 2.24) is 9.34 Å². The van der Waals surface area contributed by atoms with Gasteiger partial charge in [-0.25, -0.2) is 9.34 Å². The van der Waals surface area contributed by atoms with Crippen LogP contribution in [-0.4, -0.2) is 46.7 Å². The third kappa shape index (κ3) is 6.59. The molecule has 4 aromatic carbocycles. The van der Waals surface area contributed by atoms with Gasteiger partial charge in [-0.15, -0.1) is 0 Å². The van der Waals surface area contributed by atoms with E-state index in [1.54, 1.807) is 16.7 Å². The van der Waals surface area contributed by atoms with Crippen LogP contribution in [0.15, 0.2) is 60.2 Å². The molecule has 0 heterocycles. The Morgan fingerprint density at radius 2 is 0.914 bits per heavy atom. The number of hydrogen-bond donors (Lipinski definition) is 0. The zero-order chi connectivity index (χ0) is 48.0. The fourth-order valence-electron chi connectivity index (χ4n) is 16.1. The second kappa shape index (κ2) is 17.3. The van der Waals surface area contributed by atoms with Crippen molar-refractivity contribution in [3.63, 3.8) is 0 Å². The van der Waals surface area contributed by atoms with Gasteiger partial charge in [0.2, 0.25) is 0 Å². The summed E-state index contributed by atoms with van der Waals surface area (Å²) < 4.78 is 34.2. The van der Waals surface area contributed by atoms with E-state index in [9.17, 15) is 10.5 Å². The summed E-state index contributed by atoms with van der Waals surface area (Å²) in [6.07, 6.45) is 11.5. The number of allylic oxidation sites excluding steroid dienone is 2. The molecule has 0 spiro atoms. The average molecular weight is 971 g/mol. The lowest BCUT2D eigenvalue weighted by Gasteiger charge is -2.39. The molecule has 0 N–H and O–H groups in total. The van der Waals surface area contributed by atoms with E-state index in [2.05, 4.69) is 131 Å². The van der Waals surface area contributed by atoms with Gasteiger partial charge in [0.1, 0.15) is 11.5 Å². The minimum Gasteiger partial charge on any atom is -0.435 e. The summed E-state index contributed by atoms with van der Waals surface area (Å²) in [5.41, 5.74) is 22.1. The van der Waals surface area contributed by atoms with Crippen LogP contribution in [0.2, 0.25) is 0 Å². The maximum absolute atomic E-state index is 9.79. The summed E-state index contributed by atoms with van der Waals surface area (Å²) in [5.74, 6) is 5.41. The Labute approximate surface area is 418 Å². The van der Waals surface area contributed by atoms with Crippen LogP contribution in [0.4, 0.5) is 0 Å². The molecule has 1 saturated carbocycles. The summed E-state index contributed by atoms with van der Waals surface area (Å²) >= 11 is 0. The monoisotopic (exact) mass is 970 g/mol. The van der Waals surface area contributed by atoms with E-state index >= 15 is 0 Å². The number of rotatable bonds is 16. The third-order valence-electron chi connectivity index (χ3n) is 18.3. The first kappa shape index (κ1) is 45.7. The third-order valence-corrected chi connectivity index (χ3v) is 22.4. The van der Waals surface area contributed by atoms with Gasteiger partial charge < -0.3 is 18.1 Å². The molecule has 4 aromatic rings. The molecular weight excluding hydrogens is 903 g/mol. The van der Waals surface area contributed by atoms with Crippen molar-refractivity contribution < 1.29 is 18.1 Å². The summed E-state index contributed by atoms with van der Waals surface area (Å²) in [6.45, 7) is 18.6. The van der Waals surface area contributed by atoms with Crippen LogP contribution in [0.5, 0.6) is 11.5 Å². The van der Waals surface area contributed by atoms with E-state index < -0.39 is 17.1 Å². The van der Waals surface area contributed by atoms with Gasteiger partial charge in [0, 0.05) is 87.8 Å². The molecule has 70 heavy (non-hydrogen) atoms. The lowest BCUT2D eigenvalue weighted by molar-refractivity contribution is 0.216. The van der Waals surface area contributed by atoms with Gasteiger partial charge in [0.05, 0.1) is 38.2 Å². The number of nitrogens with zero attached hydrogens (tertiary/aromatic N) is 4. The van der Waals surface area contributed by atoms with Crippen molar-refractivity contribution in [3.05, 3.63) is 138 Å². The van der Waals surface area contributed by atoms with Gasteiger partial charge in [-0.2, -0.15) is 10.5 Å². The Balaban J connectivity index is 1.04. The Morgan fingerprint density at radius 1 is 0.514 bits per heavy atom. The van der Waals surface area contributed by atoms with Gasteiger partial charge in [-0.1, -0.05) is 60.2 Å². The number of nitriles is 2. The molecular formula is C60H68N4O4P2. The van der Waals surface area contributed by atoms with E-state index in [-0.39, 0.29) is 47.8 Å². The van der Waals surface area contributed by atoms with Crippen LogP contribution in [0, 0.1) is 28.6 Å². The highest BCUT2D eigenvalue weighted by molar-refractivity contribution is 7.45. The zero-order valence-corrected chi connectivity index (χ0v) is 44.1. The molecule has 9 aliphatic rings. The van der Waals surface area contributed by atoms with Crippen LogP contribution < -0.4 is 9.05 Å². The normalized spacial score (nSPS) is 27.7. The van der Waals surface area contributed by atoms with E-state index in [0.29, 0.717) is 55.6 Å². The maximum Gasteiger partial charge on any atom is 0.321 e. The topological polar surface area (TPSA) is 91.0 Å². The Bertz CT molecular complexity index is 2930. The van der Waals surface area contributed by atoms with Crippen molar-refractivity contribution in [2.75, 3.05) is 13.2 Å². The molecule has 9 aliphatic carbocycles. The first-order chi connectivity index (χ1) is 34.0. The largest absolute Gasteiger partial charge is 0.435 e. The fraction of sp³-hybridized carbons (Fsp3) is 0.533. The molecule has 0 amide bonds.